The van der Waals surface area contributed by atoms with Crippen molar-refractivity contribution in [3.63, 3.8) is 0 Å². The molecule has 0 saturated heterocycles. The van der Waals surface area contributed by atoms with Crippen molar-refractivity contribution in [1.29, 1.82) is 0 Å². The number of thiazole rings is 1. The summed E-state index contributed by atoms with van der Waals surface area (Å²) < 4.78 is 0. The lowest BCUT2D eigenvalue weighted by molar-refractivity contribution is 0.543. The maximum atomic E-state index is 4.05. The molecule has 0 unspecified atom stereocenters. The van der Waals surface area contributed by atoms with Crippen molar-refractivity contribution in [3.8, 4) is 0 Å². The molecule has 0 spiro atoms. The van der Waals surface area contributed by atoms with Gasteiger partial charge in [0.1, 0.15) is 0 Å². The molecular formula is C10H18N2S. The molecule has 0 bridgehead atoms. The van der Waals surface area contributed by atoms with Gasteiger partial charge in [0.05, 0.1) is 5.51 Å². The van der Waals surface area contributed by atoms with Crippen LogP contribution in [0.1, 0.15) is 25.1 Å². The summed E-state index contributed by atoms with van der Waals surface area (Å²) >= 11 is 1.75. The first-order valence-corrected chi connectivity index (χ1v) is 5.75. The van der Waals surface area contributed by atoms with E-state index in [1.54, 1.807) is 11.3 Å². The molecule has 0 radical (unpaired) electrons. The van der Waals surface area contributed by atoms with Gasteiger partial charge in [0.25, 0.3) is 0 Å². The zero-order valence-corrected chi connectivity index (χ0v) is 9.23. The minimum atomic E-state index is 0.753. The van der Waals surface area contributed by atoms with Crippen LogP contribution in [0.25, 0.3) is 0 Å². The topological polar surface area (TPSA) is 24.9 Å². The number of rotatable bonds is 6. The molecule has 0 amide bonds. The van der Waals surface area contributed by atoms with Gasteiger partial charge in [0.15, 0.2) is 0 Å². The predicted molar refractivity (Wildman–Crippen MR) is 58.1 cm³/mol. The molecule has 0 aliphatic heterocycles. The number of nitrogens with one attached hydrogen (secondary N) is 1. The summed E-state index contributed by atoms with van der Waals surface area (Å²) in [6.45, 7) is 6.71. The van der Waals surface area contributed by atoms with E-state index in [0.717, 1.165) is 25.4 Å². The van der Waals surface area contributed by atoms with E-state index in [2.05, 4.69) is 24.1 Å². The summed E-state index contributed by atoms with van der Waals surface area (Å²) in [7, 11) is 0. The van der Waals surface area contributed by atoms with Gasteiger partial charge in [-0.15, -0.1) is 11.3 Å². The lowest BCUT2D eigenvalue weighted by Gasteiger charge is -2.05. The molecule has 1 aromatic heterocycles. The fourth-order valence-corrected chi connectivity index (χ4v) is 1.78. The third kappa shape index (κ3) is 5.01. The van der Waals surface area contributed by atoms with Crippen LogP contribution in [0.4, 0.5) is 0 Å². The molecule has 0 atom stereocenters. The van der Waals surface area contributed by atoms with Crippen LogP contribution in [0.5, 0.6) is 0 Å². The summed E-state index contributed by atoms with van der Waals surface area (Å²) in [6, 6.07) is 0. The molecule has 3 heteroatoms. The van der Waals surface area contributed by atoms with Crippen molar-refractivity contribution in [2.45, 2.75) is 26.7 Å². The Hall–Kier alpha value is -0.410. The zero-order valence-electron chi connectivity index (χ0n) is 8.42. The van der Waals surface area contributed by atoms with E-state index < -0.39 is 0 Å². The number of hydrogen-bond donors (Lipinski definition) is 1. The van der Waals surface area contributed by atoms with Crippen molar-refractivity contribution in [2.75, 3.05) is 13.1 Å². The molecule has 0 saturated carbocycles. The summed E-state index contributed by atoms with van der Waals surface area (Å²) in [5, 5.41) is 3.43. The molecule has 0 aromatic carbocycles. The summed E-state index contributed by atoms with van der Waals surface area (Å²) in [5.74, 6) is 0.753. The van der Waals surface area contributed by atoms with E-state index in [9.17, 15) is 0 Å². The van der Waals surface area contributed by atoms with Crippen molar-refractivity contribution < 1.29 is 0 Å². The van der Waals surface area contributed by atoms with E-state index >= 15 is 0 Å². The Morgan fingerprint density at radius 2 is 2.38 bits per heavy atom. The van der Waals surface area contributed by atoms with Gasteiger partial charge < -0.3 is 5.32 Å². The van der Waals surface area contributed by atoms with Crippen molar-refractivity contribution in [3.05, 3.63) is 16.6 Å². The summed E-state index contributed by atoms with van der Waals surface area (Å²) in [6.07, 6.45) is 4.35. The second-order valence-electron chi connectivity index (χ2n) is 3.67. The SMILES string of the molecule is CC(C)CNCCCc1cncs1. The standard InChI is InChI=1S/C10H18N2S/c1-9(2)6-11-5-3-4-10-7-12-8-13-10/h7-9,11H,3-6H2,1-2H3. The smallest absolute Gasteiger partial charge is 0.0794 e. The molecule has 0 fully saturated rings. The molecule has 1 aromatic rings. The highest BCUT2D eigenvalue weighted by Crippen LogP contribution is 2.07. The average molecular weight is 198 g/mol. The quantitative estimate of drug-likeness (QED) is 0.710. The van der Waals surface area contributed by atoms with Gasteiger partial charge in [0, 0.05) is 11.1 Å². The van der Waals surface area contributed by atoms with E-state index in [4.69, 9.17) is 0 Å². The van der Waals surface area contributed by atoms with Crippen LogP contribution in [0.2, 0.25) is 0 Å². The van der Waals surface area contributed by atoms with Gasteiger partial charge in [0.2, 0.25) is 0 Å². The van der Waals surface area contributed by atoms with Crippen LogP contribution in [-0.4, -0.2) is 18.1 Å². The number of hydrogen-bond acceptors (Lipinski definition) is 3. The predicted octanol–water partition coefficient (Wildman–Crippen LogP) is 2.32. The first-order valence-electron chi connectivity index (χ1n) is 4.87. The normalized spacial score (nSPS) is 11.0. The third-order valence-electron chi connectivity index (χ3n) is 1.81. The molecule has 1 rings (SSSR count). The van der Waals surface area contributed by atoms with E-state index in [0.29, 0.717) is 0 Å². The highest BCUT2D eigenvalue weighted by molar-refractivity contribution is 7.09. The maximum absolute atomic E-state index is 4.05. The van der Waals surface area contributed by atoms with Gasteiger partial charge in [-0.05, 0) is 31.8 Å². The molecular weight excluding hydrogens is 180 g/mol. The zero-order chi connectivity index (χ0) is 9.52. The monoisotopic (exact) mass is 198 g/mol. The van der Waals surface area contributed by atoms with Gasteiger partial charge in [-0.2, -0.15) is 0 Å². The van der Waals surface area contributed by atoms with Gasteiger partial charge in [-0.3, -0.25) is 4.98 Å². The van der Waals surface area contributed by atoms with Gasteiger partial charge in [-0.25, -0.2) is 0 Å². The second-order valence-corrected chi connectivity index (χ2v) is 4.64. The van der Waals surface area contributed by atoms with E-state index in [1.807, 2.05) is 11.7 Å². The van der Waals surface area contributed by atoms with Crippen molar-refractivity contribution in [1.82, 2.24) is 10.3 Å². The molecule has 74 valence electrons. The van der Waals surface area contributed by atoms with Crippen LogP contribution < -0.4 is 5.32 Å². The summed E-state index contributed by atoms with van der Waals surface area (Å²) in [5.41, 5.74) is 1.90. The lowest BCUT2D eigenvalue weighted by atomic mass is 10.2. The average Bonchev–Trinajstić information content (AvgIpc) is 2.55. The number of nitrogens with zero attached hydrogens (tertiary/aromatic N) is 1. The van der Waals surface area contributed by atoms with Gasteiger partial charge in [-0.1, -0.05) is 13.8 Å². The Morgan fingerprint density at radius 3 is 3.00 bits per heavy atom. The third-order valence-corrected chi connectivity index (χ3v) is 2.65. The Morgan fingerprint density at radius 1 is 1.54 bits per heavy atom. The largest absolute Gasteiger partial charge is 0.316 e. The van der Waals surface area contributed by atoms with Crippen LogP contribution >= 0.6 is 11.3 Å². The minimum absolute atomic E-state index is 0.753. The number of aryl methyl sites for hydroxylation is 1. The summed E-state index contributed by atoms with van der Waals surface area (Å²) in [4.78, 5) is 5.44. The van der Waals surface area contributed by atoms with Crippen molar-refractivity contribution >= 4 is 11.3 Å². The lowest BCUT2D eigenvalue weighted by Crippen LogP contribution is -2.20. The van der Waals surface area contributed by atoms with Crippen LogP contribution in [0.15, 0.2) is 11.7 Å². The molecule has 0 aliphatic carbocycles. The minimum Gasteiger partial charge on any atom is -0.316 e. The maximum Gasteiger partial charge on any atom is 0.0794 e. The van der Waals surface area contributed by atoms with Crippen LogP contribution in [-0.2, 0) is 6.42 Å². The second kappa shape index (κ2) is 6.11. The first-order chi connectivity index (χ1) is 6.29. The van der Waals surface area contributed by atoms with Gasteiger partial charge >= 0.3 is 0 Å². The Balaban J connectivity index is 1.96. The fraction of sp³-hybridized carbons (Fsp3) is 0.700. The highest BCUT2D eigenvalue weighted by atomic mass is 32.1. The van der Waals surface area contributed by atoms with Crippen LogP contribution in [0.3, 0.4) is 0 Å². The molecule has 13 heavy (non-hydrogen) atoms. The van der Waals surface area contributed by atoms with E-state index in [1.165, 1.54) is 11.3 Å². The molecule has 1 N–H and O–H groups in total. The molecule has 2 nitrogen and oxygen atoms in total. The Bertz CT molecular complexity index is 207. The Kier molecular flexibility index (Phi) is 5.01. The molecule has 0 aliphatic rings. The Labute approximate surface area is 84.4 Å². The van der Waals surface area contributed by atoms with Crippen LogP contribution in [0, 0.1) is 5.92 Å². The molecule has 1 heterocycles. The highest BCUT2D eigenvalue weighted by Gasteiger charge is 1.95. The van der Waals surface area contributed by atoms with Crippen molar-refractivity contribution in [2.24, 2.45) is 5.92 Å². The van der Waals surface area contributed by atoms with E-state index in [-0.39, 0.29) is 0 Å². The number of aromatic nitrogens is 1. The fourth-order valence-electron chi connectivity index (χ4n) is 1.14. The first kappa shape index (κ1) is 10.7.